The Labute approximate surface area is 171 Å². The van der Waals surface area contributed by atoms with Crippen molar-refractivity contribution >= 4 is 45.1 Å². The summed E-state index contributed by atoms with van der Waals surface area (Å²) in [5.74, 6) is -0.448. The van der Waals surface area contributed by atoms with Crippen LogP contribution in [0, 0.1) is 0 Å². The molecule has 8 nitrogen and oxygen atoms in total. The fourth-order valence-electron chi connectivity index (χ4n) is 2.20. The number of carbonyl (C=O) groups excluding carboxylic acids is 1. The molecule has 3 rings (SSSR count). The highest BCUT2D eigenvalue weighted by molar-refractivity contribution is 7.89. The summed E-state index contributed by atoms with van der Waals surface area (Å²) >= 11 is 12.0. The van der Waals surface area contributed by atoms with Gasteiger partial charge in [-0.2, -0.15) is 0 Å². The third kappa shape index (κ3) is 4.17. The number of amides is 1. The summed E-state index contributed by atoms with van der Waals surface area (Å²) in [4.78, 5) is 12.4. The first kappa shape index (κ1) is 20.3. The van der Waals surface area contributed by atoms with Crippen LogP contribution in [0.4, 0.5) is 6.01 Å². The highest BCUT2D eigenvalue weighted by Gasteiger charge is 2.19. The standard InChI is InChI=1S/C17H14Cl2N4O4S/c1-23(2)28(25,26)12-6-3-10(4-7-12)15(24)20-17-22-21-16(27-17)13-9-11(18)5-8-14(13)19/h3-9H,1-2H3,(H,20,22,24). The molecule has 1 amide bonds. The maximum absolute atomic E-state index is 12.3. The van der Waals surface area contributed by atoms with Crippen LogP contribution >= 0.6 is 23.2 Å². The van der Waals surface area contributed by atoms with Gasteiger partial charge in [0.05, 0.1) is 15.5 Å². The second-order valence-electron chi connectivity index (χ2n) is 5.80. The predicted octanol–water partition coefficient (Wildman–Crippen LogP) is 3.55. The van der Waals surface area contributed by atoms with Crippen LogP contribution < -0.4 is 5.32 Å². The average Bonchev–Trinajstić information content (AvgIpc) is 3.11. The Bertz CT molecular complexity index is 1130. The SMILES string of the molecule is CN(C)S(=O)(=O)c1ccc(C(=O)Nc2nnc(-c3cc(Cl)ccc3Cl)o2)cc1. The molecule has 2 aromatic carbocycles. The monoisotopic (exact) mass is 440 g/mol. The van der Waals surface area contributed by atoms with E-state index in [1.165, 1.54) is 38.4 Å². The molecule has 1 heterocycles. The highest BCUT2D eigenvalue weighted by atomic mass is 35.5. The van der Waals surface area contributed by atoms with Crippen LogP contribution in [0.3, 0.4) is 0 Å². The van der Waals surface area contributed by atoms with Crippen molar-refractivity contribution in [1.29, 1.82) is 0 Å². The van der Waals surface area contributed by atoms with E-state index < -0.39 is 15.9 Å². The lowest BCUT2D eigenvalue weighted by Crippen LogP contribution is -2.22. The van der Waals surface area contributed by atoms with Gasteiger partial charge in [0.25, 0.3) is 11.8 Å². The number of hydrogen-bond donors (Lipinski definition) is 1. The summed E-state index contributed by atoms with van der Waals surface area (Å²) in [6.07, 6.45) is 0. The molecule has 0 aliphatic carbocycles. The Morgan fingerprint density at radius 1 is 1.07 bits per heavy atom. The fraction of sp³-hybridized carbons (Fsp3) is 0.118. The Kier molecular flexibility index (Phi) is 5.71. The summed E-state index contributed by atoms with van der Waals surface area (Å²) in [6, 6.07) is 10.1. The van der Waals surface area contributed by atoms with Crippen LogP contribution in [0.25, 0.3) is 11.5 Å². The second-order valence-corrected chi connectivity index (χ2v) is 8.80. The summed E-state index contributed by atoms with van der Waals surface area (Å²) in [6.45, 7) is 0. The third-order valence-electron chi connectivity index (χ3n) is 3.70. The van der Waals surface area contributed by atoms with Gasteiger partial charge in [0.2, 0.25) is 10.0 Å². The number of hydrogen-bond acceptors (Lipinski definition) is 6. The lowest BCUT2D eigenvalue weighted by atomic mass is 10.2. The van der Waals surface area contributed by atoms with Gasteiger partial charge in [0.15, 0.2) is 0 Å². The Morgan fingerprint density at radius 3 is 2.39 bits per heavy atom. The first-order chi connectivity index (χ1) is 13.2. The van der Waals surface area contributed by atoms with Gasteiger partial charge in [-0.15, -0.1) is 5.10 Å². The van der Waals surface area contributed by atoms with Crippen molar-refractivity contribution in [3.8, 4) is 11.5 Å². The lowest BCUT2D eigenvalue weighted by Gasteiger charge is -2.11. The predicted molar refractivity (Wildman–Crippen MR) is 105 cm³/mol. The van der Waals surface area contributed by atoms with Gasteiger partial charge >= 0.3 is 6.01 Å². The molecule has 0 radical (unpaired) electrons. The van der Waals surface area contributed by atoms with E-state index in [0.717, 1.165) is 4.31 Å². The van der Waals surface area contributed by atoms with Crippen LogP contribution in [-0.4, -0.2) is 42.9 Å². The minimum Gasteiger partial charge on any atom is -0.403 e. The molecule has 0 atom stereocenters. The maximum Gasteiger partial charge on any atom is 0.322 e. The molecule has 146 valence electrons. The quantitative estimate of drug-likeness (QED) is 0.649. The smallest absolute Gasteiger partial charge is 0.322 e. The number of aromatic nitrogens is 2. The summed E-state index contributed by atoms with van der Waals surface area (Å²) < 4.78 is 30.6. The zero-order chi connectivity index (χ0) is 20.5. The molecular formula is C17H14Cl2N4O4S. The van der Waals surface area contributed by atoms with E-state index >= 15 is 0 Å². The van der Waals surface area contributed by atoms with E-state index in [0.29, 0.717) is 15.6 Å². The van der Waals surface area contributed by atoms with Gasteiger partial charge in [0, 0.05) is 24.7 Å². The Morgan fingerprint density at radius 2 is 1.75 bits per heavy atom. The number of nitrogens with zero attached hydrogens (tertiary/aromatic N) is 3. The van der Waals surface area contributed by atoms with E-state index in [4.69, 9.17) is 27.6 Å². The number of nitrogens with one attached hydrogen (secondary N) is 1. The first-order valence-corrected chi connectivity index (χ1v) is 10.0. The molecule has 1 aromatic heterocycles. The molecule has 0 saturated carbocycles. The summed E-state index contributed by atoms with van der Waals surface area (Å²) in [7, 11) is -0.724. The number of benzene rings is 2. The van der Waals surface area contributed by atoms with E-state index in [9.17, 15) is 13.2 Å². The third-order valence-corrected chi connectivity index (χ3v) is 6.09. The van der Waals surface area contributed by atoms with E-state index in [2.05, 4.69) is 15.5 Å². The molecule has 3 aromatic rings. The number of halogens is 2. The second kappa shape index (κ2) is 7.88. The van der Waals surface area contributed by atoms with Gasteiger partial charge in [0.1, 0.15) is 0 Å². The molecule has 0 aliphatic heterocycles. The van der Waals surface area contributed by atoms with Crippen molar-refractivity contribution in [3.05, 3.63) is 58.1 Å². The topological polar surface area (TPSA) is 105 Å². The molecule has 28 heavy (non-hydrogen) atoms. The zero-order valence-corrected chi connectivity index (χ0v) is 17.0. The number of sulfonamides is 1. The van der Waals surface area contributed by atoms with Crippen LogP contribution in [0.2, 0.25) is 10.0 Å². The largest absolute Gasteiger partial charge is 0.403 e. The number of rotatable bonds is 5. The van der Waals surface area contributed by atoms with E-state index in [1.54, 1.807) is 18.2 Å². The molecule has 0 unspecified atom stereocenters. The minimum atomic E-state index is -3.58. The van der Waals surface area contributed by atoms with Crippen LogP contribution in [-0.2, 0) is 10.0 Å². The molecule has 0 aliphatic rings. The Hall–Kier alpha value is -2.46. The van der Waals surface area contributed by atoms with E-state index in [-0.39, 0.29) is 22.4 Å². The van der Waals surface area contributed by atoms with Crippen molar-refractivity contribution in [2.45, 2.75) is 4.90 Å². The number of anilines is 1. The molecule has 11 heteroatoms. The normalized spacial score (nSPS) is 11.6. The Balaban J connectivity index is 1.77. The maximum atomic E-state index is 12.3. The van der Waals surface area contributed by atoms with Gasteiger partial charge in [-0.3, -0.25) is 10.1 Å². The zero-order valence-electron chi connectivity index (χ0n) is 14.7. The molecule has 0 bridgehead atoms. The average molecular weight is 441 g/mol. The van der Waals surface area contributed by atoms with Crippen LogP contribution in [0.5, 0.6) is 0 Å². The van der Waals surface area contributed by atoms with E-state index in [1.807, 2.05) is 0 Å². The lowest BCUT2D eigenvalue weighted by molar-refractivity contribution is 0.102. The van der Waals surface area contributed by atoms with Crippen molar-refractivity contribution < 1.29 is 17.6 Å². The van der Waals surface area contributed by atoms with Gasteiger partial charge in [-0.25, -0.2) is 12.7 Å². The fourth-order valence-corrected chi connectivity index (χ4v) is 3.47. The van der Waals surface area contributed by atoms with Crippen molar-refractivity contribution in [2.75, 3.05) is 19.4 Å². The number of carbonyl (C=O) groups is 1. The summed E-state index contributed by atoms with van der Waals surface area (Å²) in [5.41, 5.74) is 0.652. The van der Waals surface area contributed by atoms with Crippen molar-refractivity contribution in [2.24, 2.45) is 0 Å². The van der Waals surface area contributed by atoms with Crippen molar-refractivity contribution in [3.63, 3.8) is 0 Å². The van der Waals surface area contributed by atoms with Crippen molar-refractivity contribution in [1.82, 2.24) is 14.5 Å². The molecule has 1 N–H and O–H groups in total. The molecule has 0 spiro atoms. The first-order valence-electron chi connectivity index (χ1n) is 7.81. The molecule has 0 fully saturated rings. The van der Waals surface area contributed by atoms with Crippen LogP contribution in [0.15, 0.2) is 51.8 Å². The summed E-state index contributed by atoms with van der Waals surface area (Å²) in [5, 5.41) is 10.9. The minimum absolute atomic E-state index is 0.0738. The van der Waals surface area contributed by atoms with Crippen LogP contribution in [0.1, 0.15) is 10.4 Å². The van der Waals surface area contributed by atoms with Gasteiger partial charge < -0.3 is 4.42 Å². The molecular weight excluding hydrogens is 427 g/mol. The highest BCUT2D eigenvalue weighted by Crippen LogP contribution is 2.30. The van der Waals surface area contributed by atoms with Gasteiger partial charge in [-0.1, -0.05) is 28.3 Å². The van der Waals surface area contributed by atoms with Gasteiger partial charge in [-0.05, 0) is 42.5 Å². The molecule has 0 saturated heterocycles.